The molecule has 1 heterocycles. The Morgan fingerprint density at radius 2 is 2.17 bits per heavy atom. The molecule has 2 rings (SSSR count). The molecule has 5 nitrogen and oxygen atoms in total. The van der Waals surface area contributed by atoms with Crippen molar-refractivity contribution in [2.24, 2.45) is 0 Å². The van der Waals surface area contributed by atoms with Crippen LogP contribution in [0, 0.1) is 6.07 Å². The lowest BCUT2D eigenvalue weighted by Gasteiger charge is -2.10. The van der Waals surface area contributed by atoms with E-state index in [0.29, 0.717) is 22.6 Å². The van der Waals surface area contributed by atoms with Crippen molar-refractivity contribution in [1.29, 1.82) is 0 Å². The standard InChI is InChI=1S/C12H11ClN3O2/c1-17-10-6-4-3-5-9(10)15-12-14-7-8(13)11(16-12)18-2/h3,5-7H,1-2H3,(H,14,15,16). The lowest BCUT2D eigenvalue weighted by Crippen LogP contribution is -2.00. The lowest BCUT2D eigenvalue weighted by molar-refractivity contribution is 0.397. The SMILES string of the molecule is COc1c[c]ccc1Nc1ncc(Cl)c(OC)n1. The minimum absolute atomic E-state index is 0.315. The van der Waals surface area contributed by atoms with E-state index in [4.69, 9.17) is 21.1 Å². The van der Waals surface area contributed by atoms with Gasteiger partial charge in [0.1, 0.15) is 10.8 Å². The minimum atomic E-state index is 0.315. The molecule has 0 fully saturated rings. The quantitative estimate of drug-likeness (QED) is 0.920. The van der Waals surface area contributed by atoms with Crippen molar-refractivity contribution in [3.8, 4) is 11.6 Å². The van der Waals surface area contributed by atoms with Gasteiger partial charge in [0.25, 0.3) is 0 Å². The first-order valence-electron chi connectivity index (χ1n) is 5.12. The molecule has 1 radical (unpaired) electrons. The Kier molecular flexibility index (Phi) is 3.84. The minimum Gasteiger partial charge on any atom is -0.495 e. The highest BCUT2D eigenvalue weighted by molar-refractivity contribution is 6.31. The van der Waals surface area contributed by atoms with Crippen molar-refractivity contribution >= 4 is 23.2 Å². The third-order valence-electron chi connectivity index (χ3n) is 2.20. The van der Waals surface area contributed by atoms with Crippen LogP contribution in [0.4, 0.5) is 11.6 Å². The molecule has 18 heavy (non-hydrogen) atoms. The van der Waals surface area contributed by atoms with Crippen molar-refractivity contribution in [1.82, 2.24) is 9.97 Å². The smallest absolute Gasteiger partial charge is 0.237 e. The Balaban J connectivity index is 2.28. The molecule has 0 saturated carbocycles. The van der Waals surface area contributed by atoms with E-state index in [2.05, 4.69) is 21.4 Å². The van der Waals surface area contributed by atoms with E-state index in [9.17, 15) is 0 Å². The van der Waals surface area contributed by atoms with Crippen molar-refractivity contribution in [3.05, 3.63) is 35.5 Å². The topological polar surface area (TPSA) is 56.3 Å². The Labute approximate surface area is 110 Å². The van der Waals surface area contributed by atoms with E-state index in [1.165, 1.54) is 13.3 Å². The predicted octanol–water partition coefficient (Wildman–Crippen LogP) is 2.69. The number of rotatable bonds is 4. The van der Waals surface area contributed by atoms with Gasteiger partial charge in [-0.05, 0) is 18.2 Å². The van der Waals surface area contributed by atoms with Gasteiger partial charge in [-0.15, -0.1) is 0 Å². The molecule has 0 amide bonds. The molecule has 0 spiro atoms. The van der Waals surface area contributed by atoms with Crippen LogP contribution < -0.4 is 14.8 Å². The molecule has 1 N–H and O–H groups in total. The highest BCUT2D eigenvalue weighted by Gasteiger charge is 2.07. The Bertz CT molecular complexity index is 549. The summed E-state index contributed by atoms with van der Waals surface area (Å²) in [5, 5.41) is 3.38. The fourth-order valence-corrected chi connectivity index (χ4v) is 1.53. The van der Waals surface area contributed by atoms with Gasteiger partial charge in [0.05, 0.1) is 26.1 Å². The molecule has 6 heteroatoms. The maximum Gasteiger partial charge on any atom is 0.237 e. The second-order valence-corrected chi connectivity index (χ2v) is 3.71. The third kappa shape index (κ3) is 2.62. The van der Waals surface area contributed by atoms with Gasteiger partial charge in [-0.2, -0.15) is 4.98 Å². The molecule has 0 aliphatic rings. The average molecular weight is 265 g/mol. The number of hydrogen-bond donors (Lipinski definition) is 1. The second kappa shape index (κ2) is 5.55. The number of anilines is 2. The lowest BCUT2D eigenvalue weighted by atomic mass is 10.3. The number of halogens is 1. The van der Waals surface area contributed by atoms with E-state index in [-0.39, 0.29) is 0 Å². The summed E-state index contributed by atoms with van der Waals surface area (Å²) < 4.78 is 10.2. The summed E-state index contributed by atoms with van der Waals surface area (Å²) in [6, 6.07) is 8.21. The van der Waals surface area contributed by atoms with E-state index >= 15 is 0 Å². The first-order chi connectivity index (χ1) is 8.74. The molecule has 0 aliphatic heterocycles. The van der Waals surface area contributed by atoms with Crippen molar-refractivity contribution < 1.29 is 9.47 Å². The van der Waals surface area contributed by atoms with Gasteiger partial charge < -0.3 is 14.8 Å². The number of nitrogens with one attached hydrogen (secondary N) is 1. The van der Waals surface area contributed by atoms with Crippen LogP contribution in [0.1, 0.15) is 0 Å². The summed E-state index contributed by atoms with van der Waals surface area (Å²) in [6.07, 6.45) is 1.47. The summed E-state index contributed by atoms with van der Waals surface area (Å²) >= 11 is 5.85. The molecular formula is C12H11ClN3O2. The average Bonchev–Trinajstić information content (AvgIpc) is 2.41. The van der Waals surface area contributed by atoms with Gasteiger partial charge in [-0.3, -0.25) is 0 Å². The number of aromatic nitrogens is 2. The van der Waals surface area contributed by atoms with Crippen LogP contribution in [0.25, 0.3) is 0 Å². The Morgan fingerprint density at radius 3 is 2.89 bits per heavy atom. The predicted molar refractivity (Wildman–Crippen MR) is 68.7 cm³/mol. The maximum absolute atomic E-state index is 5.85. The maximum atomic E-state index is 5.85. The van der Waals surface area contributed by atoms with Crippen LogP contribution in [-0.4, -0.2) is 24.2 Å². The fourth-order valence-electron chi connectivity index (χ4n) is 1.36. The van der Waals surface area contributed by atoms with Gasteiger partial charge in [-0.1, -0.05) is 17.7 Å². The number of methoxy groups -OCH3 is 2. The molecule has 2 aromatic rings. The normalized spacial score (nSPS) is 9.94. The molecule has 93 valence electrons. The zero-order chi connectivity index (χ0) is 13.0. The Hall–Kier alpha value is -2.01. The highest BCUT2D eigenvalue weighted by atomic mass is 35.5. The Morgan fingerprint density at radius 1 is 1.33 bits per heavy atom. The van der Waals surface area contributed by atoms with E-state index in [1.807, 2.05) is 6.07 Å². The monoisotopic (exact) mass is 264 g/mol. The first kappa shape index (κ1) is 12.4. The summed E-state index contributed by atoms with van der Waals surface area (Å²) in [5.74, 6) is 1.34. The summed E-state index contributed by atoms with van der Waals surface area (Å²) in [7, 11) is 3.08. The first-order valence-corrected chi connectivity index (χ1v) is 5.50. The second-order valence-electron chi connectivity index (χ2n) is 3.30. The number of hydrogen-bond acceptors (Lipinski definition) is 5. The third-order valence-corrected chi connectivity index (χ3v) is 2.46. The highest BCUT2D eigenvalue weighted by Crippen LogP contribution is 2.27. The fraction of sp³-hybridized carbons (Fsp3) is 0.167. The van der Waals surface area contributed by atoms with Gasteiger partial charge in [0.2, 0.25) is 11.8 Å². The molecule has 0 unspecified atom stereocenters. The summed E-state index contributed by atoms with van der Waals surface area (Å²) in [4.78, 5) is 8.18. The van der Waals surface area contributed by atoms with Gasteiger partial charge >= 0.3 is 0 Å². The van der Waals surface area contributed by atoms with Crippen LogP contribution in [0.2, 0.25) is 5.02 Å². The molecule has 0 atom stereocenters. The summed E-state index contributed by atoms with van der Waals surface area (Å²) in [6.45, 7) is 0. The van der Waals surface area contributed by atoms with Crippen molar-refractivity contribution in [2.45, 2.75) is 0 Å². The molecule has 0 aliphatic carbocycles. The van der Waals surface area contributed by atoms with Crippen molar-refractivity contribution in [3.63, 3.8) is 0 Å². The van der Waals surface area contributed by atoms with Crippen LogP contribution >= 0.6 is 11.6 Å². The van der Waals surface area contributed by atoms with Crippen LogP contribution in [0.3, 0.4) is 0 Å². The van der Waals surface area contributed by atoms with Crippen molar-refractivity contribution in [2.75, 3.05) is 19.5 Å². The number of nitrogens with zero attached hydrogens (tertiary/aromatic N) is 2. The van der Waals surface area contributed by atoms with Crippen LogP contribution in [0.5, 0.6) is 11.6 Å². The van der Waals surface area contributed by atoms with Gasteiger partial charge in [0.15, 0.2) is 0 Å². The van der Waals surface area contributed by atoms with Crippen LogP contribution in [0.15, 0.2) is 24.4 Å². The molecule has 0 bridgehead atoms. The largest absolute Gasteiger partial charge is 0.495 e. The van der Waals surface area contributed by atoms with E-state index in [0.717, 1.165) is 5.69 Å². The summed E-state index contributed by atoms with van der Waals surface area (Å²) in [5.41, 5.74) is 0.737. The molecule has 1 aromatic heterocycles. The zero-order valence-corrected chi connectivity index (χ0v) is 10.7. The van der Waals surface area contributed by atoms with Crippen LogP contribution in [-0.2, 0) is 0 Å². The van der Waals surface area contributed by atoms with E-state index in [1.54, 1.807) is 19.2 Å². The molecule has 0 saturated heterocycles. The van der Waals surface area contributed by atoms with Gasteiger partial charge in [-0.25, -0.2) is 4.98 Å². The zero-order valence-electron chi connectivity index (χ0n) is 9.90. The number of benzene rings is 1. The number of ether oxygens (including phenoxy) is 2. The molecule has 1 aromatic carbocycles. The van der Waals surface area contributed by atoms with E-state index < -0.39 is 0 Å². The molecular weight excluding hydrogens is 254 g/mol. The van der Waals surface area contributed by atoms with Gasteiger partial charge in [0, 0.05) is 0 Å².